The summed E-state index contributed by atoms with van der Waals surface area (Å²) in [6, 6.07) is -1.54. The number of anilines is 2. The highest BCUT2D eigenvalue weighted by molar-refractivity contribution is 7.52. The molecule has 2 aliphatic heterocycles. The van der Waals surface area contributed by atoms with Crippen LogP contribution in [0, 0.1) is 11.8 Å². The maximum Gasteiger partial charge on any atom is 0.534 e. The molecule has 0 bridgehead atoms. The van der Waals surface area contributed by atoms with Crippen molar-refractivity contribution < 1.29 is 57.7 Å². The van der Waals surface area contributed by atoms with Gasteiger partial charge < -0.3 is 64.3 Å². The highest BCUT2D eigenvalue weighted by Gasteiger charge is 2.78. The topological polar surface area (TPSA) is 321 Å². The summed E-state index contributed by atoms with van der Waals surface area (Å²) < 4.78 is 55.9. The number of aromatic nitrogens is 8. The van der Waals surface area contributed by atoms with Gasteiger partial charge in [0.1, 0.15) is 60.4 Å². The fraction of sp³-hybridized carbons (Fsp3) is 0.583. The minimum atomic E-state index is -4.55. The van der Waals surface area contributed by atoms with Crippen LogP contribution in [-0.4, -0.2) is 126 Å². The third-order valence-electron chi connectivity index (χ3n) is 9.19. The highest BCUT2D eigenvalue weighted by atomic mass is 31.2. The van der Waals surface area contributed by atoms with Crippen LogP contribution >= 0.6 is 15.6 Å². The molecule has 2 saturated heterocycles. The number of aliphatic hydroxyl groups is 3. The van der Waals surface area contributed by atoms with Crippen LogP contribution in [0.2, 0.25) is 0 Å². The summed E-state index contributed by atoms with van der Waals surface area (Å²) in [4.78, 5) is 44.6. The van der Waals surface area contributed by atoms with Gasteiger partial charge in [-0.3, -0.25) is 4.57 Å². The maximum absolute atomic E-state index is 13.1. The fourth-order valence-electron chi connectivity index (χ4n) is 7.07. The third-order valence-corrected chi connectivity index (χ3v) is 10.6. The van der Waals surface area contributed by atoms with Crippen molar-refractivity contribution in [3.05, 3.63) is 25.3 Å². The Labute approximate surface area is 269 Å². The Morgan fingerprint density at radius 3 is 1.92 bits per heavy atom. The smallest absolute Gasteiger partial charge is 0.394 e. The average Bonchev–Trinajstić information content (AvgIpc) is 3.46. The van der Waals surface area contributed by atoms with Gasteiger partial charge in [0.05, 0.1) is 43.8 Å². The monoisotopic (exact) mass is 711 g/mol. The lowest BCUT2D eigenvalue weighted by Crippen LogP contribution is -2.36. The van der Waals surface area contributed by atoms with Crippen LogP contribution in [0.3, 0.4) is 0 Å². The second kappa shape index (κ2) is 11.1. The average molecular weight is 712 g/mol. The van der Waals surface area contributed by atoms with E-state index < -0.39 is 101 Å². The van der Waals surface area contributed by atoms with Crippen molar-refractivity contribution in [3.8, 4) is 0 Å². The SMILES string of the molecule is Nc1ncnc2c1ncn2C1C2C(OCP(=O)(O)OCC3OC4(O)C(C3OC[P+](=O)O)C4n3cnc4c(N)ncnc43)C(CO)OC21O. The Kier molecular flexibility index (Phi) is 7.35. The van der Waals surface area contributed by atoms with Gasteiger partial charge in [-0.2, -0.15) is 4.89 Å². The minimum Gasteiger partial charge on any atom is -0.394 e. The molecule has 48 heavy (non-hydrogen) atoms. The normalized spacial score (nSPS) is 36.6. The molecule has 0 aromatic carbocycles. The van der Waals surface area contributed by atoms with E-state index in [1.54, 1.807) is 0 Å². The van der Waals surface area contributed by atoms with Gasteiger partial charge in [-0.1, -0.05) is 0 Å². The molecule has 256 valence electrons. The number of rotatable bonds is 12. The van der Waals surface area contributed by atoms with Crippen LogP contribution in [-0.2, 0) is 32.6 Å². The van der Waals surface area contributed by atoms with E-state index in [0.29, 0.717) is 22.3 Å². The zero-order valence-corrected chi connectivity index (χ0v) is 26.3. The van der Waals surface area contributed by atoms with Crippen LogP contribution in [0.5, 0.6) is 0 Å². The van der Waals surface area contributed by atoms with E-state index >= 15 is 0 Å². The molecule has 2 aliphatic carbocycles. The molecule has 0 radical (unpaired) electrons. The van der Waals surface area contributed by atoms with Crippen LogP contribution in [0.1, 0.15) is 12.1 Å². The first-order chi connectivity index (χ1) is 22.9. The summed E-state index contributed by atoms with van der Waals surface area (Å²) in [5, 5.41) is 32.4. The van der Waals surface area contributed by atoms with E-state index in [4.69, 9.17) is 34.9 Å². The molecule has 24 heteroatoms. The number of nitrogens with zero attached hydrogens (tertiary/aromatic N) is 8. The van der Waals surface area contributed by atoms with Gasteiger partial charge in [-0.25, -0.2) is 29.9 Å². The van der Waals surface area contributed by atoms with Gasteiger partial charge in [-0.15, -0.1) is 0 Å². The van der Waals surface area contributed by atoms with E-state index in [9.17, 15) is 34.2 Å². The number of nitrogens with two attached hydrogens (primary N) is 2. The quantitative estimate of drug-likeness (QED) is 0.0778. The molecule has 22 nitrogen and oxygen atoms in total. The van der Waals surface area contributed by atoms with Crippen molar-refractivity contribution in [1.82, 2.24) is 39.0 Å². The Bertz CT molecular complexity index is 1980. The van der Waals surface area contributed by atoms with Gasteiger partial charge in [0.15, 0.2) is 34.5 Å². The first kappa shape index (κ1) is 31.9. The molecule has 4 aromatic rings. The molecule has 6 heterocycles. The molecular formula is C24H29N10O12P2+. The molecule has 4 aromatic heterocycles. The number of aliphatic hydroxyl groups excluding tert-OH is 1. The minimum absolute atomic E-state index is 0.126. The molecule has 4 aliphatic rings. The van der Waals surface area contributed by atoms with E-state index in [0.717, 1.165) is 0 Å². The molecule has 4 fully saturated rings. The lowest BCUT2D eigenvalue weighted by molar-refractivity contribution is -0.167. The molecular weight excluding hydrogens is 682 g/mol. The fourth-order valence-corrected chi connectivity index (χ4v) is 8.18. The van der Waals surface area contributed by atoms with E-state index in [-0.39, 0.29) is 11.6 Å². The number of imidazole rings is 2. The number of fused-ring (bicyclic) bond motifs is 4. The molecule has 0 amide bonds. The first-order valence-electron chi connectivity index (χ1n) is 14.5. The van der Waals surface area contributed by atoms with Crippen LogP contribution in [0.4, 0.5) is 11.6 Å². The molecule has 8 rings (SSSR count). The van der Waals surface area contributed by atoms with Crippen molar-refractivity contribution in [1.29, 1.82) is 0 Å². The van der Waals surface area contributed by atoms with Crippen molar-refractivity contribution in [2.75, 3.05) is 37.4 Å². The third kappa shape index (κ3) is 4.83. The van der Waals surface area contributed by atoms with Gasteiger partial charge in [0.25, 0.3) is 6.35 Å². The van der Waals surface area contributed by atoms with Gasteiger partial charge in [0, 0.05) is 0 Å². The van der Waals surface area contributed by atoms with Crippen LogP contribution in [0.25, 0.3) is 22.3 Å². The Morgan fingerprint density at radius 2 is 1.40 bits per heavy atom. The van der Waals surface area contributed by atoms with Crippen molar-refractivity contribution >= 4 is 49.6 Å². The van der Waals surface area contributed by atoms with Crippen molar-refractivity contribution in [2.24, 2.45) is 11.8 Å². The Morgan fingerprint density at radius 1 is 0.875 bits per heavy atom. The highest BCUT2D eigenvalue weighted by Crippen LogP contribution is 2.66. The van der Waals surface area contributed by atoms with E-state index in [2.05, 4.69) is 29.9 Å². The Balaban J connectivity index is 0.943. The second-order valence-electron chi connectivity index (χ2n) is 11.9. The lowest BCUT2D eigenvalue weighted by Gasteiger charge is -2.26. The Hall–Kier alpha value is -3.37. The van der Waals surface area contributed by atoms with Crippen LogP contribution in [0.15, 0.2) is 25.3 Å². The molecule has 2 saturated carbocycles. The summed E-state index contributed by atoms with van der Waals surface area (Å²) in [5.41, 5.74) is 13.0. The van der Waals surface area contributed by atoms with Crippen molar-refractivity contribution in [3.63, 3.8) is 0 Å². The van der Waals surface area contributed by atoms with Gasteiger partial charge in [0.2, 0.25) is 0 Å². The zero-order chi connectivity index (χ0) is 33.7. The molecule has 9 N–H and O–H groups in total. The summed E-state index contributed by atoms with van der Waals surface area (Å²) in [5.74, 6) is -4.95. The maximum atomic E-state index is 13.1. The summed E-state index contributed by atoms with van der Waals surface area (Å²) in [6.45, 7) is -1.13. The standard InChI is InChI=1S/C24H28N10O12P2/c25-19-13-21(29-3-27-19)33(5-31-13)17-11-15(9(1-35)45-23(11,17)36)43-8-48(40,41)44-2-10-16(42-7-47(38)39)12-18(24(12,37)46-10)34-6-32-14-20(26)28-4-30-22(14)34/h3-6,9-12,15-18,35-37H,1-2,7-8H2,(H5-,25,26,27,28,29,30,38,39,40,41)/p+1. The zero-order valence-electron chi connectivity index (χ0n) is 24.5. The van der Waals surface area contributed by atoms with Crippen LogP contribution < -0.4 is 11.5 Å². The second-order valence-corrected chi connectivity index (χ2v) is 14.7. The summed E-state index contributed by atoms with van der Waals surface area (Å²) in [7, 11) is -7.28. The number of hydrogen-bond donors (Lipinski definition) is 7. The molecule has 12 unspecified atom stereocenters. The lowest BCUT2D eigenvalue weighted by atomic mass is 10.1. The van der Waals surface area contributed by atoms with E-state index in [1.165, 1.54) is 34.4 Å². The summed E-state index contributed by atoms with van der Waals surface area (Å²) in [6.07, 6.45) is -0.444. The number of ether oxygens (including phenoxy) is 4. The predicted molar refractivity (Wildman–Crippen MR) is 156 cm³/mol. The number of nitrogen functional groups attached to an aromatic ring is 2. The van der Waals surface area contributed by atoms with Gasteiger partial charge in [-0.05, 0) is 4.57 Å². The van der Waals surface area contributed by atoms with Gasteiger partial charge >= 0.3 is 15.6 Å². The largest absolute Gasteiger partial charge is 0.534 e. The summed E-state index contributed by atoms with van der Waals surface area (Å²) >= 11 is 0. The first-order valence-corrected chi connectivity index (χ1v) is 17.6. The predicted octanol–water partition coefficient (Wildman–Crippen LogP) is -2.04. The molecule has 12 atom stereocenters. The molecule has 0 spiro atoms. The van der Waals surface area contributed by atoms with Crippen molar-refractivity contribution in [2.45, 2.75) is 48.1 Å². The van der Waals surface area contributed by atoms with E-state index in [1.807, 2.05) is 0 Å². The number of hydrogen-bond acceptors (Lipinski definition) is 18.